The fourth-order valence-corrected chi connectivity index (χ4v) is 2.62. The van der Waals surface area contributed by atoms with Crippen molar-refractivity contribution in [2.75, 3.05) is 0 Å². The molecule has 0 aliphatic heterocycles. The molecule has 20 heavy (non-hydrogen) atoms. The van der Waals surface area contributed by atoms with E-state index in [1.807, 2.05) is 48.8 Å². The zero-order valence-corrected chi connectivity index (χ0v) is 11.3. The summed E-state index contributed by atoms with van der Waals surface area (Å²) in [5.41, 5.74) is 3.99. The molecule has 0 atom stereocenters. The summed E-state index contributed by atoms with van der Waals surface area (Å²) in [4.78, 5) is 9.13. The summed E-state index contributed by atoms with van der Waals surface area (Å²) in [6, 6.07) is 10.1. The highest BCUT2D eigenvalue weighted by molar-refractivity contribution is 5.80. The van der Waals surface area contributed by atoms with Gasteiger partial charge in [0.2, 0.25) is 0 Å². The lowest BCUT2D eigenvalue weighted by Crippen LogP contribution is -2.03. The van der Waals surface area contributed by atoms with Crippen molar-refractivity contribution < 1.29 is 0 Å². The lowest BCUT2D eigenvalue weighted by molar-refractivity contribution is 0.891. The standard InChI is InChI=1S/C15H13N5/c1-10-9-14-15(16-7-8-19(14)18-10)20-11(2)17-12-5-3-4-6-13(12)20/h3-9H,1-2H3. The molecule has 3 heterocycles. The Morgan fingerprint density at radius 3 is 2.80 bits per heavy atom. The van der Waals surface area contributed by atoms with E-state index in [-0.39, 0.29) is 0 Å². The first-order chi connectivity index (χ1) is 9.74. The maximum Gasteiger partial charge on any atom is 0.164 e. The normalized spacial score (nSPS) is 11.5. The maximum atomic E-state index is 4.60. The topological polar surface area (TPSA) is 48.0 Å². The van der Waals surface area contributed by atoms with E-state index in [1.165, 1.54) is 0 Å². The molecule has 0 saturated heterocycles. The Kier molecular flexibility index (Phi) is 2.18. The fraction of sp³-hybridized carbons (Fsp3) is 0.133. The van der Waals surface area contributed by atoms with Gasteiger partial charge in [0.15, 0.2) is 5.82 Å². The monoisotopic (exact) mass is 263 g/mol. The van der Waals surface area contributed by atoms with Gasteiger partial charge in [-0.2, -0.15) is 5.10 Å². The van der Waals surface area contributed by atoms with Gasteiger partial charge in [0.25, 0.3) is 0 Å². The molecular formula is C15H13N5. The third-order valence-corrected chi connectivity index (χ3v) is 3.43. The van der Waals surface area contributed by atoms with E-state index >= 15 is 0 Å². The summed E-state index contributed by atoms with van der Waals surface area (Å²) >= 11 is 0. The second-order valence-corrected chi connectivity index (χ2v) is 4.85. The van der Waals surface area contributed by atoms with Crippen LogP contribution in [0.15, 0.2) is 42.7 Å². The molecule has 0 saturated carbocycles. The summed E-state index contributed by atoms with van der Waals surface area (Å²) in [5.74, 6) is 1.78. The van der Waals surface area contributed by atoms with Gasteiger partial charge in [-0.05, 0) is 32.0 Å². The smallest absolute Gasteiger partial charge is 0.164 e. The van der Waals surface area contributed by atoms with Crippen LogP contribution < -0.4 is 0 Å². The van der Waals surface area contributed by atoms with E-state index < -0.39 is 0 Å². The average Bonchev–Trinajstić information content (AvgIpc) is 2.96. The number of nitrogens with zero attached hydrogens (tertiary/aromatic N) is 5. The van der Waals surface area contributed by atoms with Gasteiger partial charge < -0.3 is 0 Å². The minimum absolute atomic E-state index is 0.860. The number of fused-ring (bicyclic) bond motifs is 2. The number of aromatic nitrogens is 5. The summed E-state index contributed by atoms with van der Waals surface area (Å²) in [6.45, 7) is 3.98. The van der Waals surface area contributed by atoms with Gasteiger partial charge in [-0.25, -0.2) is 14.5 Å². The second kappa shape index (κ2) is 3.90. The minimum Gasteiger partial charge on any atom is -0.279 e. The Morgan fingerprint density at radius 1 is 1.05 bits per heavy atom. The van der Waals surface area contributed by atoms with Crippen LogP contribution in [0.25, 0.3) is 22.4 Å². The molecule has 5 heteroatoms. The van der Waals surface area contributed by atoms with Gasteiger partial charge in [-0.3, -0.25) is 4.57 Å². The third kappa shape index (κ3) is 1.46. The highest BCUT2D eigenvalue weighted by Gasteiger charge is 2.13. The van der Waals surface area contributed by atoms with Crippen LogP contribution in [0, 0.1) is 13.8 Å². The number of imidazole rings is 1. The molecule has 98 valence electrons. The molecule has 5 nitrogen and oxygen atoms in total. The molecule has 0 radical (unpaired) electrons. The van der Waals surface area contributed by atoms with E-state index in [4.69, 9.17) is 0 Å². The van der Waals surface area contributed by atoms with Crippen molar-refractivity contribution in [2.24, 2.45) is 0 Å². The molecule has 0 aliphatic carbocycles. The van der Waals surface area contributed by atoms with Crippen LogP contribution in [0.5, 0.6) is 0 Å². The quantitative estimate of drug-likeness (QED) is 0.530. The van der Waals surface area contributed by atoms with Crippen LogP contribution in [0.2, 0.25) is 0 Å². The van der Waals surface area contributed by atoms with E-state index in [0.29, 0.717) is 0 Å². The fourth-order valence-electron chi connectivity index (χ4n) is 2.62. The molecule has 0 aliphatic rings. The molecule has 4 aromatic rings. The summed E-state index contributed by atoms with van der Waals surface area (Å²) < 4.78 is 3.93. The zero-order valence-electron chi connectivity index (χ0n) is 11.3. The van der Waals surface area contributed by atoms with Gasteiger partial charge in [0, 0.05) is 12.4 Å². The van der Waals surface area contributed by atoms with Gasteiger partial charge >= 0.3 is 0 Å². The van der Waals surface area contributed by atoms with Crippen LogP contribution in [0.1, 0.15) is 11.5 Å². The molecule has 0 spiro atoms. The Labute approximate surface area is 115 Å². The third-order valence-electron chi connectivity index (χ3n) is 3.43. The number of para-hydroxylation sites is 2. The molecule has 0 fully saturated rings. The molecular weight excluding hydrogens is 250 g/mol. The van der Waals surface area contributed by atoms with E-state index in [2.05, 4.69) is 25.7 Å². The lowest BCUT2D eigenvalue weighted by atomic mass is 10.3. The molecule has 4 rings (SSSR count). The lowest BCUT2D eigenvalue weighted by Gasteiger charge is -2.07. The predicted octanol–water partition coefficient (Wildman–Crippen LogP) is 2.69. The zero-order chi connectivity index (χ0) is 13.7. The first-order valence-corrected chi connectivity index (χ1v) is 6.49. The maximum absolute atomic E-state index is 4.60. The molecule has 0 unspecified atom stereocenters. The average molecular weight is 263 g/mol. The van der Waals surface area contributed by atoms with E-state index in [9.17, 15) is 0 Å². The summed E-state index contributed by atoms with van der Waals surface area (Å²) in [5, 5.41) is 4.44. The highest BCUT2D eigenvalue weighted by atomic mass is 15.3. The van der Waals surface area contributed by atoms with Crippen molar-refractivity contribution in [2.45, 2.75) is 13.8 Å². The van der Waals surface area contributed by atoms with E-state index in [1.54, 1.807) is 6.20 Å². The first-order valence-electron chi connectivity index (χ1n) is 6.49. The SMILES string of the molecule is Cc1cc2c(-n3c(C)nc4ccccc43)nccn2n1. The van der Waals surface area contributed by atoms with Gasteiger partial charge in [0.1, 0.15) is 11.3 Å². The van der Waals surface area contributed by atoms with Gasteiger partial charge in [-0.1, -0.05) is 12.1 Å². The van der Waals surface area contributed by atoms with Crippen LogP contribution in [0.3, 0.4) is 0 Å². The van der Waals surface area contributed by atoms with Crippen molar-refractivity contribution in [3.05, 3.63) is 54.2 Å². The van der Waals surface area contributed by atoms with Gasteiger partial charge in [-0.15, -0.1) is 0 Å². The molecule has 0 bridgehead atoms. The Morgan fingerprint density at radius 2 is 1.90 bits per heavy atom. The van der Waals surface area contributed by atoms with Crippen LogP contribution in [0.4, 0.5) is 0 Å². The summed E-state index contributed by atoms with van der Waals surface area (Å²) in [6.07, 6.45) is 3.63. The Bertz CT molecular complexity index is 932. The largest absolute Gasteiger partial charge is 0.279 e. The number of hydrogen-bond donors (Lipinski definition) is 0. The number of benzene rings is 1. The Balaban J connectivity index is 2.13. The molecule has 0 amide bonds. The van der Waals surface area contributed by atoms with Crippen molar-refractivity contribution in [1.29, 1.82) is 0 Å². The summed E-state index contributed by atoms with van der Waals surface area (Å²) in [7, 11) is 0. The molecule has 0 N–H and O–H groups in total. The van der Waals surface area contributed by atoms with Crippen molar-refractivity contribution >= 4 is 16.6 Å². The number of aryl methyl sites for hydroxylation is 2. The van der Waals surface area contributed by atoms with Crippen LogP contribution >= 0.6 is 0 Å². The number of hydrogen-bond acceptors (Lipinski definition) is 3. The molecule has 1 aromatic carbocycles. The van der Waals surface area contributed by atoms with Crippen LogP contribution in [-0.4, -0.2) is 24.1 Å². The Hall–Kier alpha value is -2.69. The first kappa shape index (κ1) is 11.2. The minimum atomic E-state index is 0.860. The number of rotatable bonds is 1. The van der Waals surface area contributed by atoms with E-state index in [0.717, 1.165) is 33.9 Å². The van der Waals surface area contributed by atoms with Crippen molar-refractivity contribution in [1.82, 2.24) is 24.1 Å². The highest BCUT2D eigenvalue weighted by Crippen LogP contribution is 2.22. The van der Waals surface area contributed by atoms with Crippen molar-refractivity contribution in [3.63, 3.8) is 0 Å². The van der Waals surface area contributed by atoms with Crippen molar-refractivity contribution in [3.8, 4) is 5.82 Å². The van der Waals surface area contributed by atoms with Gasteiger partial charge in [0.05, 0.1) is 16.7 Å². The molecule has 3 aromatic heterocycles. The van der Waals surface area contributed by atoms with Crippen LogP contribution in [-0.2, 0) is 0 Å². The predicted molar refractivity (Wildman–Crippen MR) is 77.1 cm³/mol. The second-order valence-electron chi connectivity index (χ2n) is 4.85.